The van der Waals surface area contributed by atoms with Crippen LogP contribution in [0.3, 0.4) is 0 Å². The lowest BCUT2D eigenvalue weighted by atomic mass is 28.4. The van der Waals surface area contributed by atoms with Crippen LogP contribution in [0.1, 0.15) is 0 Å². The van der Waals surface area contributed by atoms with Gasteiger partial charge in [0.1, 0.15) is 0 Å². The zero-order valence-electron chi connectivity index (χ0n) is 24.7. The van der Waals surface area contributed by atoms with E-state index in [4.69, 9.17) is 0 Å². The lowest BCUT2D eigenvalue weighted by Crippen LogP contribution is -1.70. The summed E-state index contributed by atoms with van der Waals surface area (Å²) >= 11 is 0. The topological polar surface area (TPSA) is 0 Å². The normalized spacial score (nSPS) is 16.2. The Hall–Kier alpha value is 20.6. The molecule has 0 bridgehead atoms. The highest BCUT2D eigenvalue weighted by Crippen LogP contribution is 3.45. The first-order valence-electron chi connectivity index (χ1n) is 10.9. The van der Waals surface area contributed by atoms with Gasteiger partial charge >= 0.3 is 0 Å². The van der Waals surface area contributed by atoms with E-state index in [-0.39, 0.29) is 161 Å². The second-order valence-electron chi connectivity index (χ2n) is 7.56. The number of hydrogen-bond donors (Lipinski definition) is 0. The minimum atomic E-state index is -0.190. The van der Waals surface area contributed by atoms with E-state index in [2.05, 4.69) is 223 Å². The Morgan fingerprint density at radius 1 is 0.125 bits per heavy atom. The molecule has 0 aromatic carbocycles. The Balaban J connectivity index is 9.31. The van der Waals surface area contributed by atoms with Gasteiger partial charge in [-0.2, -0.15) is 0 Å². The summed E-state index contributed by atoms with van der Waals surface area (Å²) < 4.78 is 0. The molecule has 0 amide bonds. The van der Waals surface area contributed by atoms with Gasteiger partial charge in [-0.25, -0.2) is 0 Å². The number of hydrogen-bond acceptors (Lipinski definition) is 0. The van der Waals surface area contributed by atoms with Crippen molar-refractivity contribution < 1.29 is 0 Å². The van der Waals surface area contributed by atoms with Crippen molar-refractivity contribution in [1.29, 1.82) is 0 Å². The van der Waals surface area contributed by atoms with Crippen LogP contribution in [0.2, 0.25) is 0 Å². The second kappa shape index (κ2) is 37.4. The fraction of sp³-hybridized carbons (Fsp3) is 0. The second-order valence-corrected chi connectivity index (χ2v) is 204. The van der Waals surface area contributed by atoms with Gasteiger partial charge in [0.25, 0.3) is 0 Å². The van der Waals surface area contributed by atoms with Crippen LogP contribution in [-0.4, -0.2) is 0 Å². The summed E-state index contributed by atoms with van der Waals surface area (Å²) in [5.74, 6) is 0. The molecule has 28 unspecified atom stereocenters. The molecule has 0 aliphatic carbocycles. The lowest BCUT2D eigenvalue weighted by Gasteiger charge is -2.58. The summed E-state index contributed by atoms with van der Waals surface area (Å²) in [6.45, 7) is -3.51. The van der Waals surface area contributed by atoms with Gasteiger partial charge in [0.2, 0.25) is 0 Å². The summed E-state index contributed by atoms with van der Waals surface area (Å²) in [7, 11) is 86.5. The van der Waals surface area contributed by atoms with Crippen molar-refractivity contribution in [3.8, 4) is 0 Å². The van der Waals surface area contributed by atoms with Gasteiger partial charge in [-0.1, -0.05) is 0 Å². The van der Waals surface area contributed by atoms with Crippen LogP contribution in [0.25, 0.3) is 0 Å². The molecular formula is H50P48. The average molecular weight is 1540 g/mol. The van der Waals surface area contributed by atoms with E-state index in [9.17, 15) is 0 Å². The molecule has 0 aliphatic heterocycles. The Labute approximate surface area is 378 Å². The molecule has 0 aromatic rings. The monoisotopic (exact) mass is 1540 g/mol. The molecule has 0 heterocycles. The Bertz CT molecular complexity index is 695. The van der Waals surface area contributed by atoms with E-state index in [0.717, 1.165) is 0 Å². The quantitative estimate of drug-likeness (QED) is 0.0948. The molecule has 0 aromatic heterocycles. The highest BCUT2D eigenvalue weighted by molar-refractivity contribution is 9.51. The van der Waals surface area contributed by atoms with Crippen LogP contribution in [0, 0.1) is 0 Å². The zero-order valence-corrected chi connectivity index (χ0v) is 74.2. The molecule has 0 spiro atoms. The predicted octanol–water partition coefficient (Wildman–Crippen LogP) is 28.0. The predicted molar refractivity (Wildman–Crippen MR) is 402 cm³/mol. The van der Waals surface area contributed by atoms with E-state index in [1.165, 1.54) is 0 Å². The zero-order chi connectivity index (χ0) is 38.3. The standard InChI is InChI=1S/H50P48/c1-26(2)38(25)44(37(23)24)47(43(35(19)20)36(21)22)48(45(39(27(3)4)28(5)6)40(29(7)8)30(9)10)46(41(31(11)12)32(13)14)42(33(15)16)34(17)18/h1-25H2. The molecular weight excluding hydrogens is 1490 g/mol. The largest absolute Gasteiger partial charge is 0.102 e. The van der Waals surface area contributed by atoms with Crippen LogP contribution in [0.15, 0.2) is 0 Å². The van der Waals surface area contributed by atoms with Crippen molar-refractivity contribution in [2.75, 3.05) is 0 Å². The first-order valence-corrected chi connectivity index (χ1v) is 97.7. The van der Waals surface area contributed by atoms with Crippen LogP contribution in [0.4, 0.5) is 0 Å². The van der Waals surface area contributed by atoms with Crippen molar-refractivity contribution in [2.24, 2.45) is 0 Å². The molecule has 0 nitrogen and oxygen atoms in total. The SMILES string of the molecule is PP(P)P(P)P(P(P)P)P(P(P(P)P)P(P)P)P(P(P(P(P)P)P(P)P)P(P(P)P)P(P)P)P(P(P(P)P)P(P)P)P(P(P)P)P(P)P. The molecule has 0 N–H and O–H groups in total. The van der Waals surface area contributed by atoms with Crippen molar-refractivity contribution in [3.05, 3.63) is 0 Å². The van der Waals surface area contributed by atoms with Crippen molar-refractivity contribution in [3.63, 3.8) is 0 Å². The maximum absolute atomic E-state index is 3.59. The summed E-state index contributed by atoms with van der Waals surface area (Å²) in [6, 6.07) is 0. The summed E-state index contributed by atoms with van der Waals surface area (Å²) in [5, 5.41) is 0. The van der Waals surface area contributed by atoms with E-state index in [1.54, 1.807) is 0 Å². The van der Waals surface area contributed by atoms with Gasteiger partial charge < -0.3 is 0 Å². The van der Waals surface area contributed by atoms with Crippen LogP contribution < -0.4 is 0 Å². The van der Waals surface area contributed by atoms with Gasteiger partial charge in [0, 0.05) is 0 Å². The fourth-order valence-corrected chi connectivity index (χ4v) is 669. The summed E-state index contributed by atoms with van der Waals surface area (Å²) in [4.78, 5) is 0. The molecule has 0 saturated heterocycles. The number of rotatable bonds is 22. The summed E-state index contributed by atoms with van der Waals surface area (Å²) in [6.07, 6.45) is 0. The smallest absolute Gasteiger partial charge is 0.0000153 e. The van der Waals surface area contributed by atoms with Gasteiger partial charge in [-0.3, -0.25) is 0 Å². The van der Waals surface area contributed by atoms with Crippen molar-refractivity contribution >= 4 is 384 Å². The van der Waals surface area contributed by atoms with Gasteiger partial charge in [0.05, 0.1) is 0 Å². The van der Waals surface area contributed by atoms with E-state index in [0.29, 0.717) is 0 Å². The third-order valence-corrected chi connectivity index (χ3v) is 335. The lowest BCUT2D eigenvalue weighted by molar-refractivity contribution is 4.36. The third kappa shape index (κ3) is 24.3. The molecule has 290 valence electrons. The highest BCUT2D eigenvalue weighted by atomic mass is 33.6. The average Bonchev–Trinajstić information content (AvgIpc) is 2.86. The van der Waals surface area contributed by atoms with Crippen molar-refractivity contribution in [1.82, 2.24) is 0 Å². The van der Waals surface area contributed by atoms with Crippen LogP contribution in [0.5, 0.6) is 0 Å². The summed E-state index contributed by atoms with van der Waals surface area (Å²) in [5.41, 5.74) is 0. The first-order chi connectivity index (χ1) is 21.8. The molecule has 0 aliphatic rings. The molecule has 28 atom stereocenters. The van der Waals surface area contributed by atoms with E-state index < -0.39 is 0 Å². The van der Waals surface area contributed by atoms with Crippen LogP contribution >= 0.6 is 384 Å². The van der Waals surface area contributed by atoms with Gasteiger partial charge in [-0.15, -0.1) is 223 Å². The first kappa shape index (κ1) is 68.6. The fourth-order valence-electron chi connectivity index (χ4n) is 2.75. The maximum atomic E-state index is 3.59. The van der Waals surface area contributed by atoms with E-state index in [1.807, 2.05) is 0 Å². The van der Waals surface area contributed by atoms with Crippen molar-refractivity contribution in [2.45, 2.75) is 0 Å². The molecule has 0 radical (unpaired) electrons. The maximum Gasteiger partial charge on any atom is -0.0000153 e. The Morgan fingerprint density at radius 3 is 0.375 bits per heavy atom. The Kier molecular flexibility index (Phi) is 53.5. The van der Waals surface area contributed by atoms with Gasteiger partial charge in [-0.05, 0) is 161 Å². The third-order valence-electron chi connectivity index (χ3n) is 4.13. The molecule has 48 heavy (non-hydrogen) atoms. The minimum absolute atomic E-state index is 0.112. The van der Waals surface area contributed by atoms with Crippen LogP contribution in [-0.2, 0) is 0 Å². The highest BCUT2D eigenvalue weighted by Gasteiger charge is 2.58. The molecule has 0 fully saturated rings. The Morgan fingerprint density at radius 2 is 0.250 bits per heavy atom. The molecule has 48 heteroatoms. The van der Waals surface area contributed by atoms with E-state index >= 15 is 0 Å². The molecule has 0 rings (SSSR count). The van der Waals surface area contributed by atoms with Gasteiger partial charge in [0.15, 0.2) is 0 Å². The minimum Gasteiger partial charge on any atom is -0.102 e. The molecule has 0 saturated carbocycles.